The van der Waals surface area contributed by atoms with Gasteiger partial charge in [0.15, 0.2) is 6.10 Å². The molecule has 3 aromatic carbocycles. The molecule has 1 aromatic heterocycles. The highest BCUT2D eigenvalue weighted by Gasteiger charge is 2.55. The van der Waals surface area contributed by atoms with Gasteiger partial charge in [0.2, 0.25) is 0 Å². The Kier molecular flexibility index (Phi) is 6.35. The number of carbonyl (C=O) groups excluding carboxylic acids is 1. The summed E-state index contributed by atoms with van der Waals surface area (Å²) in [6.07, 6.45) is 5.82. The lowest BCUT2D eigenvalue weighted by atomic mass is 9.71. The van der Waals surface area contributed by atoms with E-state index in [2.05, 4.69) is 60.1 Å². The summed E-state index contributed by atoms with van der Waals surface area (Å²) in [6, 6.07) is 30.5. The molecule has 5 unspecified atom stereocenters. The molecule has 0 spiro atoms. The number of quaternary nitrogens is 1. The van der Waals surface area contributed by atoms with Crippen molar-refractivity contribution >= 4 is 16.9 Å². The highest BCUT2D eigenvalue weighted by molar-refractivity contribution is 5.90. The van der Waals surface area contributed by atoms with Crippen LogP contribution in [0, 0.1) is 11.8 Å². The molecule has 37 heavy (non-hydrogen) atoms. The third-order valence-corrected chi connectivity index (χ3v) is 8.60. The second-order valence-corrected chi connectivity index (χ2v) is 10.6. The van der Waals surface area contributed by atoms with E-state index in [-0.39, 0.29) is 18.1 Å². The molecule has 2 bridgehead atoms. The Morgan fingerprint density at radius 3 is 2.51 bits per heavy atom. The van der Waals surface area contributed by atoms with Crippen molar-refractivity contribution in [1.82, 2.24) is 4.98 Å². The number of hydrogen-bond donors (Lipinski definition) is 0. The van der Waals surface area contributed by atoms with Crippen LogP contribution >= 0.6 is 0 Å². The number of rotatable bonds is 7. The molecule has 5 atom stereocenters. The quantitative estimate of drug-likeness (QED) is 0.164. The topological polar surface area (TPSA) is 39.2 Å². The Morgan fingerprint density at radius 1 is 1.00 bits per heavy atom. The van der Waals surface area contributed by atoms with Gasteiger partial charge in [0, 0.05) is 41.5 Å². The third kappa shape index (κ3) is 4.47. The number of hydrogen-bond acceptors (Lipinski definition) is 3. The molecule has 0 N–H and O–H groups in total. The molecular weight excluding hydrogens is 456 g/mol. The van der Waals surface area contributed by atoms with Gasteiger partial charge >= 0.3 is 5.97 Å². The van der Waals surface area contributed by atoms with Gasteiger partial charge in [0.25, 0.3) is 0 Å². The van der Waals surface area contributed by atoms with E-state index >= 15 is 0 Å². The molecule has 4 heteroatoms. The first-order valence-corrected chi connectivity index (χ1v) is 13.3. The third-order valence-electron chi connectivity index (χ3n) is 8.60. The van der Waals surface area contributed by atoms with Crippen LogP contribution in [0.1, 0.15) is 40.4 Å². The molecule has 3 saturated heterocycles. The van der Waals surface area contributed by atoms with Crippen molar-refractivity contribution in [2.75, 3.05) is 13.1 Å². The Bertz CT molecular complexity index is 1400. The van der Waals surface area contributed by atoms with Gasteiger partial charge in [-0.05, 0) is 30.2 Å². The van der Waals surface area contributed by atoms with Crippen LogP contribution in [0.3, 0.4) is 0 Å². The number of aromatic nitrogens is 1. The second-order valence-electron chi connectivity index (χ2n) is 10.6. The molecule has 4 nitrogen and oxygen atoms in total. The van der Waals surface area contributed by atoms with Crippen molar-refractivity contribution < 1.29 is 14.0 Å². The van der Waals surface area contributed by atoms with Gasteiger partial charge < -0.3 is 9.22 Å². The standard InChI is InChI=1S/C33H33N2O2/c1-2-25-23-35(22-24-11-5-3-6-12-24)20-18-27(25)21-31(35)32(37-33(36)26-13-7-4-8-14-26)29-17-19-34-30-16-10-9-15-28(29)30/h2-17,19,25,27,31-32H,1,18,20-23H2/q+1. The van der Waals surface area contributed by atoms with Crippen molar-refractivity contribution in [2.24, 2.45) is 11.8 Å². The monoisotopic (exact) mass is 489 g/mol. The van der Waals surface area contributed by atoms with E-state index in [1.54, 1.807) is 0 Å². The SMILES string of the molecule is C=CC1C[N+]2(Cc3ccccc3)CCC1CC2C(OC(=O)c1ccccc1)c1ccnc2ccccc12. The molecule has 0 aliphatic carbocycles. The molecule has 7 rings (SSSR count). The van der Waals surface area contributed by atoms with Crippen LogP contribution in [0.5, 0.6) is 0 Å². The summed E-state index contributed by atoms with van der Waals surface area (Å²) in [5, 5.41) is 1.05. The molecule has 3 aliphatic rings. The Balaban J connectivity index is 1.47. The predicted molar refractivity (Wildman–Crippen MR) is 147 cm³/mol. The van der Waals surface area contributed by atoms with Crippen LogP contribution in [0.4, 0.5) is 0 Å². The van der Waals surface area contributed by atoms with Gasteiger partial charge in [-0.3, -0.25) is 4.98 Å². The zero-order chi connectivity index (χ0) is 25.2. The maximum Gasteiger partial charge on any atom is 0.338 e. The normalized spacial score (nSPS) is 25.5. The molecule has 3 fully saturated rings. The molecule has 0 radical (unpaired) electrons. The Labute approximate surface area is 218 Å². The van der Waals surface area contributed by atoms with Crippen molar-refractivity contribution in [3.63, 3.8) is 0 Å². The summed E-state index contributed by atoms with van der Waals surface area (Å²) in [4.78, 5) is 18.1. The first-order chi connectivity index (χ1) is 18.2. The minimum Gasteiger partial charge on any atom is -0.447 e. The number of fused-ring (bicyclic) bond motifs is 4. The van der Waals surface area contributed by atoms with Crippen molar-refractivity contribution in [3.8, 4) is 0 Å². The lowest BCUT2D eigenvalue weighted by Crippen LogP contribution is -2.67. The Hall–Kier alpha value is -3.76. The number of nitrogens with zero attached hydrogens (tertiary/aromatic N) is 2. The molecule has 3 aliphatic heterocycles. The van der Waals surface area contributed by atoms with E-state index in [1.165, 1.54) is 12.0 Å². The predicted octanol–water partition coefficient (Wildman–Crippen LogP) is 6.74. The molecule has 186 valence electrons. The van der Waals surface area contributed by atoms with Crippen LogP contribution < -0.4 is 0 Å². The van der Waals surface area contributed by atoms with Crippen molar-refractivity contribution in [1.29, 1.82) is 0 Å². The van der Waals surface area contributed by atoms with Gasteiger partial charge in [0.05, 0.1) is 24.2 Å². The average Bonchev–Trinajstić information content (AvgIpc) is 2.96. The van der Waals surface area contributed by atoms with E-state index < -0.39 is 0 Å². The smallest absolute Gasteiger partial charge is 0.338 e. The van der Waals surface area contributed by atoms with E-state index in [4.69, 9.17) is 4.74 Å². The minimum absolute atomic E-state index is 0.147. The number of piperidine rings is 3. The summed E-state index contributed by atoms with van der Waals surface area (Å²) < 4.78 is 7.45. The maximum absolute atomic E-state index is 13.5. The molecule has 0 amide bonds. The van der Waals surface area contributed by atoms with E-state index in [0.717, 1.165) is 47.0 Å². The number of pyridine rings is 1. The summed E-state index contributed by atoms with van der Waals surface area (Å²) >= 11 is 0. The highest BCUT2D eigenvalue weighted by atomic mass is 16.5. The van der Waals surface area contributed by atoms with E-state index in [0.29, 0.717) is 17.4 Å². The summed E-state index contributed by atoms with van der Waals surface area (Å²) in [7, 11) is 0. The van der Waals surface area contributed by atoms with Gasteiger partial charge in [-0.15, -0.1) is 6.58 Å². The second kappa shape index (κ2) is 9.95. The van der Waals surface area contributed by atoms with Gasteiger partial charge in [-0.2, -0.15) is 0 Å². The van der Waals surface area contributed by atoms with Gasteiger partial charge in [-0.25, -0.2) is 4.79 Å². The largest absolute Gasteiger partial charge is 0.447 e. The number of carbonyl (C=O) groups is 1. The number of ether oxygens (including phenoxy) is 1. The van der Waals surface area contributed by atoms with Crippen LogP contribution in [0.2, 0.25) is 0 Å². The number of para-hydroxylation sites is 1. The first-order valence-electron chi connectivity index (χ1n) is 13.3. The number of esters is 1. The lowest BCUT2D eigenvalue weighted by Gasteiger charge is -2.58. The lowest BCUT2D eigenvalue weighted by molar-refractivity contribution is -0.984. The van der Waals surface area contributed by atoms with Crippen LogP contribution in [0.15, 0.2) is 110 Å². The van der Waals surface area contributed by atoms with Gasteiger partial charge in [-0.1, -0.05) is 72.8 Å². The summed E-state index contributed by atoms with van der Waals surface area (Å²) in [5.41, 5.74) is 3.88. The van der Waals surface area contributed by atoms with E-state index in [9.17, 15) is 4.79 Å². The minimum atomic E-state index is -0.377. The molecule has 4 heterocycles. The average molecular weight is 490 g/mol. The zero-order valence-corrected chi connectivity index (χ0v) is 21.1. The number of benzene rings is 3. The van der Waals surface area contributed by atoms with E-state index in [1.807, 2.05) is 54.7 Å². The summed E-state index contributed by atoms with van der Waals surface area (Å²) in [6.45, 7) is 7.22. The maximum atomic E-state index is 13.5. The molecule has 4 aromatic rings. The molecule has 0 saturated carbocycles. The van der Waals surface area contributed by atoms with Crippen molar-refractivity contribution in [3.05, 3.63) is 127 Å². The fourth-order valence-corrected chi connectivity index (χ4v) is 6.78. The van der Waals surface area contributed by atoms with Crippen molar-refractivity contribution in [2.45, 2.75) is 31.5 Å². The first kappa shape index (κ1) is 23.6. The highest BCUT2D eigenvalue weighted by Crippen LogP contribution is 2.49. The zero-order valence-electron chi connectivity index (χ0n) is 21.1. The molecular formula is C33H33N2O2+. The Morgan fingerprint density at radius 2 is 1.73 bits per heavy atom. The van der Waals surface area contributed by atoms with Crippen LogP contribution in [-0.2, 0) is 11.3 Å². The van der Waals surface area contributed by atoms with Gasteiger partial charge in [0.1, 0.15) is 12.6 Å². The van der Waals surface area contributed by atoms with Crippen LogP contribution in [-0.4, -0.2) is 34.6 Å². The summed E-state index contributed by atoms with van der Waals surface area (Å²) in [5.74, 6) is 0.768. The fourth-order valence-electron chi connectivity index (χ4n) is 6.78. The fraction of sp³-hybridized carbons (Fsp3) is 0.273. The van der Waals surface area contributed by atoms with Crippen LogP contribution in [0.25, 0.3) is 10.9 Å².